The number of rotatable bonds is 9. The molecular weight excluding hydrogens is 384 g/mol. The Balaban J connectivity index is 2.00. The molecule has 0 spiro atoms. The van der Waals surface area contributed by atoms with E-state index < -0.39 is 20.6 Å². The minimum atomic E-state index is -3.94. The minimum Gasteiger partial charge on any atom is -0.338 e. The summed E-state index contributed by atoms with van der Waals surface area (Å²) >= 11 is 0. The normalized spacial score (nSPS) is 16.1. The summed E-state index contributed by atoms with van der Waals surface area (Å²) in [7, 11) is -3.94. The first-order valence-electron chi connectivity index (χ1n) is 9.66. The van der Waals surface area contributed by atoms with Crippen LogP contribution in [0.25, 0.3) is 0 Å². The smallest absolute Gasteiger partial charge is 0.289 e. The van der Waals surface area contributed by atoms with Crippen molar-refractivity contribution in [1.82, 2.24) is 9.21 Å². The quantitative estimate of drug-likeness (QED) is 0.458. The Morgan fingerprint density at radius 2 is 1.89 bits per heavy atom. The van der Waals surface area contributed by atoms with E-state index in [0.29, 0.717) is 26.2 Å². The lowest BCUT2D eigenvalue weighted by molar-refractivity contribution is -0.896. The van der Waals surface area contributed by atoms with Crippen molar-refractivity contribution in [3.8, 4) is 0 Å². The van der Waals surface area contributed by atoms with Crippen LogP contribution in [0.1, 0.15) is 26.7 Å². The summed E-state index contributed by atoms with van der Waals surface area (Å²) in [5.74, 6) is 0.0842. The lowest BCUT2D eigenvalue weighted by Crippen LogP contribution is -3.15. The van der Waals surface area contributed by atoms with Crippen molar-refractivity contribution in [2.45, 2.75) is 31.6 Å². The Bertz CT molecular complexity index is 791. The Labute approximate surface area is 166 Å². The molecule has 1 aromatic rings. The lowest BCUT2D eigenvalue weighted by atomic mass is 10.3. The zero-order chi connectivity index (χ0) is 20.7. The van der Waals surface area contributed by atoms with Gasteiger partial charge in [-0.3, -0.25) is 14.9 Å². The fourth-order valence-electron chi connectivity index (χ4n) is 3.32. The number of hydrogen-bond acceptors (Lipinski definition) is 5. The molecule has 1 N–H and O–H groups in total. The molecule has 1 aliphatic rings. The Kier molecular flexibility index (Phi) is 7.90. The third kappa shape index (κ3) is 5.27. The Hall–Kier alpha value is -2.04. The van der Waals surface area contributed by atoms with Gasteiger partial charge in [-0.25, -0.2) is 8.42 Å². The van der Waals surface area contributed by atoms with Gasteiger partial charge in [0.05, 0.1) is 31.1 Å². The molecule has 0 bridgehead atoms. The van der Waals surface area contributed by atoms with Gasteiger partial charge in [-0.05, 0) is 19.4 Å². The predicted octanol–water partition coefficient (Wildman–Crippen LogP) is 0.133. The number of nitro benzene ring substituents is 1. The number of nitrogens with zero attached hydrogens (tertiary/aromatic N) is 3. The minimum absolute atomic E-state index is 0.0842. The van der Waals surface area contributed by atoms with E-state index in [1.54, 1.807) is 0 Å². The van der Waals surface area contributed by atoms with Gasteiger partial charge < -0.3 is 9.80 Å². The number of nitro groups is 1. The van der Waals surface area contributed by atoms with Crippen molar-refractivity contribution in [3.05, 3.63) is 34.4 Å². The number of nitrogens with one attached hydrogen (secondary N) is 1. The number of hydrogen-bond donors (Lipinski definition) is 1. The van der Waals surface area contributed by atoms with Gasteiger partial charge >= 0.3 is 0 Å². The maximum atomic E-state index is 12.9. The monoisotopic (exact) mass is 413 g/mol. The van der Waals surface area contributed by atoms with Gasteiger partial charge in [-0.15, -0.1) is 0 Å². The molecule has 1 saturated heterocycles. The first kappa shape index (κ1) is 22.3. The van der Waals surface area contributed by atoms with E-state index in [0.717, 1.165) is 24.3 Å². The van der Waals surface area contributed by atoms with Gasteiger partial charge in [0.1, 0.15) is 0 Å². The average Bonchev–Trinajstić information content (AvgIpc) is 2.69. The predicted molar refractivity (Wildman–Crippen MR) is 105 cm³/mol. The molecule has 10 heteroatoms. The van der Waals surface area contributed by atoms with Gasteiger partial charge in [0.2, 0.25) is 10.0 Å². The molecule has 1 aliphatic heterocycles. The van der Waals surface area contributed by atoms with E-state index >= 15 is 0 Å². The molecule has 9 nitrogen and oxygen atoms in total. The number of quaternary nitrogens is 1. The fraction of sp³-hybridized carbons (Fsp3) is 0.611. The highest BCUT2D eigenvalue weighted by Crippen LogP contribution is 2.26. The largest absolute Gasteiger partial charge is 0.338 e. The summed E-state index contributed by atoms with van der Waals surface area (Å²) in [6.45, 7) is 7.27. The lowest BCUT2D eigenvalue weighted by Gasteiger charge is -2.32. The number of benzene rings is 1. The molecule has 1 fully saturated rings. The van der Waals surface area contributed by atoms with Gasteiger partial charge in [0.15, 0.2) is 11.4 Å². The average molecular weight is 414 g/mol. The highest BCUT2D eigenvalue weighted by atomic mass is 32.2. The molecule has 0 unspecified atom stereocenters. The third-order valence-electron chi connectivity index (χ3n) is 5.03. The number of sulfonamides is 1. The zero-order valence-corrected chi connectivity index (χ0v) is 17.3. The van der Waals surface area contributed by atoms with Gasteiger partial charge in [0, 0.05) is 19.2 Å². The number of unbranched alkanes of at least 4 members (excludes halogenated alkanes) is 1. The molecule has 0 saturated carbocycles. The summed E-state index contributed by atoms with van der Waals surface area (Å²) in [6, 6.07) is 5.39. The molecule has 1 aromatic carbocycles. The highest BCUT2D eigenvalue weighted by Gasteiger charge is 2.35. The molecule has 0 aliphatic carbocycles. The first-order valence-corrected chi connectivity index (χ1v) is 11.1. The number of likely N-dealkylation sites (N-methyl/N-ethyl adjacent to an activating group) is 1. The van der Waals surface area contributed by atoms with Crippen LogP contribution in [-0.4, -0.2) is 74.3 Å². The van der Waals surface area contributed by atoms with E-state index in [1.807, 2.05) is 11.8 Å². The summed E-state index contributed by atoms with van der Waals surface area (Å²) in [5.41, 5.74) is -0.415. The fourth-order valence-corrected chi connectivity index (χ4v) is 4.92. The summed E-state index contributed by atoms with van der Waals surface area (Å²) in [5, 5.41) is 11.2. The van der Waals surface area contributed by atoms with Crippen LogP contribution >= 0.6 is 0 Å². The van der Waals surface area contributed by atoms with Crippen LogP contribution in [0.15, 0.2) is 29.2 Å². The summed E-state index contributed by atoms with van der Waals surface area (Å²) < 4.78 is 27.0. The van der Waals surface area contributed by atoms with Crippen molar-refractivity contribution in [3.63, 3.8) is 0 Å². The van der Waals surface area contributed by atoms with E-state index in [2.05, 4.69) is 6.92 Å². The molecule has 156 valence electrons. The van der Waals surface area contributed by atoms with E-state index in [1.165, 1.54) is 28.6 Å². The Morgan fingerprint density at radius 1 is 1.25 bits per heavy atom. The van der Waals surface area contributed by atoms with Crippen LogP contribution in [0.2, 0.25) is 0 Å². The Morgan fingerprint density at radius 3 is 2.46 bits per heavy atom. The van der Waals surface area contributed by atoms with Crippen LogP contribution in [-0.2, 0) is 14.8 Å². The second kappa shape index (κ2) is 9.94. The third-order valence-corrected chi connectivity index (χ3v) is 6.97. The van der Waals surface area contributed by atoms with Crippen LogP contribution in [0.5, 0.6) is 0 Å². The van der Waals surface area contributed by atoms with Crippen molar-refractivity contribution >= 4 is 21.6 Å². The van der Waals surface area contributed by atoms with Crippen LogP contribution in [0.4, 0.5) is 5.69 Å². The van der Waals surface area contributed by atoms with Crippen molar-refractivity contribution in [1.29, 1.82) is 0 Å². The van der Waals surface area contributed by atoms with Crippen molar-refractivity contribution < 1.29 is 23.0 Å². The number of piperazine rings is 1. The number of para-hydroxylation sites is 1. The van der Waals surface area contributed by atoms with Crippen LogP contribution in [0.3, 0.4) is 0 Å². The maximum Gasteiger partial charge on any atom is 0.289 e. The van der Waals surface area contributed by atoms with Crippen LogP contribution < -0.4 is 4.90 Å². The molecule has 1 heterocycles. The zero-order valence-electron chi connectivity index (χ0n) is 16.5. The standard InChI is InChI=1S/C18H28N4O5S/c1-3-5-10-20(4-2)18(23)15-19-11-13-21(14-12-19)28(26,27)17-9-7-6-8-16(17)22(24)25/h6-9H,3-5,10-15H2,1-2H3/p+1. The molecule has 2 rings (SSSR count). The first-order chi connectivity index (χ1) is 13.3. The molecule has 0 radical (unpaired) electrons. The maximum absolute atomic E-state index is 12.9. The van der Waals surface area contributed by atoms with E-state index in [-0.39, 0.29) is 23.9 Å². The van der Waals surface area contributed by atoms with Gasteiger partial charge in [-0.2, -0.15) is 4.31 Å². The van der Waals surface area contributed by atoms with Crippen molar-refractivity contribution in [2.75, 3.05) is 45.8 Å². The van der Waals surface area contributed by atoms with Gasteiger partial charge in [0.25, 0.3) is 11.6 Å². The molecule has 0 aromatic heterocycles. The van der Waals surface area contributed by atoms with E-state index in [4.69, 9.17) is 0 Å². The SMILES string of the molecule is CCCCN(CC)C(=O)C[NH+]1CCN(S(=O)(=O)c2ccccc2[N+](=O)[O-])CC1. The topological polar surface area (TPSA) is 105 Å². The molecule has 28 heavy (non-hydrogen) atoms. The molecule has 0 atom stereocenters. The summed E-state index contributed by atoms with van der Waals surface area (Å²) in [4.78, 5) is 25.6. The summed E-state index contributed by atoms with van der Waals surface area (Å²) in [6.07, 6.45) is 2.00. The van der Waals surface area contributed by atoms with Crippen molar-refractivity contribution in [2.24, 2.45) is 0 Å². The van der Waals surface area contributed by atoms with Crippen LogP contribution in [0, 0.1) is 10.1 Å². The number of amides is 1. The second-order valence-corrected chi connectivity index (χ2v) is 8.79. The second-order valence-electron chi connectivity index (χ2n) is 6.88. The molecular formula is C18H29N4O5S+. The number of carbonyl (C=O) groups excluding carboxylic acids is 1. The van der Waals surface area contributed by atoms with Gasteiger partial charge in [-0.1, -0.05) is 25.5 Å². The number of carbonyl (C=O) groups is 1. The molecule has 1 amide bonds. The highest BCUT2D eigenvalue weighted by molar-refractivity contribution is 7.89. The van der Waals surface area contributed by atoms with E-state index in [9.17, 15) is 23.3 Å².